The van der Waals surface area contributed by atoms with Crippen molar-refractivity contribution in [1.82, 2.24) is 9.89 Å². The molecular weight excluding hydrogens is 142 g/mol. The van der Waals surface area contributed by atoms with Gasteiger partial charge in [0, 0.05) is 0 Å². The van der Waals surface area contributed by atoms with Crippen molar-refractivity contribution >= 4 is 16.8 Å². The Balaban J connectivity index is 2.98. The number of hydrogen-bond donors (Lipinski definition) is 1. The van der Waals surface area contributed by atoms with Gasteiger partial charge in [-0.3, -0.25) is 4.79 Å². The normalized spacial score (nSPS) is 9.44. The molecule has 9 heavy (non-hydrogen) atoms. The quantitative estimate of drug-likeness (QED) is 0.446. The molecule has 0 aliphatic heterocycles. The van der Waals surface area contributed by atoms with Gasteiger partial charge in [0.15, 0.2) is 0 Å². The summed E-state index contributed by atoms with van der Waals surface area (Å²) < 4.78 is 0. The molecule has 2 N–H and O–H groups in total. The van der Waals surface area contributed by atoms with Crippen LogP contribution in [0.1, 0.15) is 10.4 Å². The van der Waals surface area contributed by atoms with Crippen molar-refractivity contribution in [2.24, 2.45) is 0 Å². The fourth-order valence-electron chi connectivity index (χ4n) is 0.440. The topological polar surface area (TPSA) is 60.9 Å². The molecule has 0 fully saturated rings. The summed E-state index contributed by atoms with van der Waals surface area (Å²) in [6.07, 6.45) is 2.64. The van der Waals surface area contributed by atoms with E-state index < -0.39 is 5.24 Å². The number of carbonyl (C=O) groups is 1. The van der Waals surface area contributed by atoms with Gasteiger partial charge in [0.2, 0.25) is 0 Å². The number of carbonyl (C=O) groups excluding carboxylic acids is 1. The average molecular weight is 146 g/mol. The molecule has 0 saturated carbocycles. The zero-order chi connectivity index (χ0) is 6.85. The minimum Gasteiger partial charge on any atom is -0.323 e. The molecule has 0 aliphatic rings. The molecule has 0 amide bonds. The van der Waals surface area contributed by atoms with Crippen molar-refractivity contribution < 1.29 is 4.79 Å². The minimum absolute atomic E-state index is 0.305. The maximum atomic E-state index is 10.3. The van der Waals surface area contributed by atoms with E-state index in [1.165, 1.54) is 12.4 Å². The highest BCUT2D eigenvalue weighted by molar-refractivity contribution is 6.67. The number of nitrogens with two attached hydrogens (primary N) is 1. The zero-order valence-corrected chi connectivity index (χ0v) is 5.17. The largest absolute Gasteiger partial charge is 0.323 e. The SMILES string of the molecule is Nn1cc(C(=O)Cl)cn1. The summed E-state index contributed by atoms with van der Waals surface area (Å²) in [6.45, 7) is 0. The van der Waals surface area contributed by atoms with E-state index in [-0.39, 0.29) is 0 Å². The summed E-state index contributed by atoms with van der Waals surface area (Å²) in [7, 11) is 0. The third-order valence-corrected chi connectivity index (χ3v) is 1.05. The van der Waals surface area contributed by atoms with Crippen molar-refractivity contribution in [2.45, 2.75) is 0 Å². The summed E-state index contributed by atoms with van der Waals surface area (Å²) in [5.74, 6) is 5.11. The van der Waals surface area contributed by atoms with E-state index in [0.29, 0.717) is 5.56 Å². The molecule has 48 valence electrons. The molecule has 0 radical (unpaired) electrons. The monoisotopic (exact) mass is 145 g/mol. The molecule has 0 saturated heterocycles. The molecule has 1 aromatic heterocycles. The number of hydrogen-bond acceptors (Lipinski definition) is 3. The Morgan fingerprint density at radius 1 is 1.89 bits per heavy atom. The van der Waals surface area contributed by atoms with Gasteiger partial charge >= 0.3 is 0 Å². The summed E-state index contributed by atoms with van der Waals surface area (Å²) in [5, 5.41) is 2.98. The standard InChI is InChI=1S/C4H4ClN3O/c5-4(9)3-1-7-8(6)2-3/h1-2H,6H2. The molecule has 5 heteroatoms. The lowest BCUT2D eigenvalue weighted by molar-refractivity contribution is 0.108. The van der Waals surface area contributed by atoms with Crippen molar-refractivity contribution in [3.8, 4) is 0 Å². The second-order valence-corrected chi connectivity index (χ2v) is 1.83. The van der Waals surface area contributed by atoms with E-state index in [2.05, 4.69) is 5.10 Å². The first kappa shape index (κ1) is 6.10. The van der Waals surface area contributed by atoms with Gasteiger partial charge in [-0.15, -0.1) is 0 Å². The molecule has 1 heterocycles. The van der Waals surface area contributed by atoms with Crippen LogP contribution in [0.4, 0.5) is 0 Å². The molecule has 1 rings (SSSR count). The van der Waals surface area contributed by atoms with E-state index in [1.807, 2.05) is 0 Å². The third kappa shape index (κ3) is 1.20. The Morgan fingerprint density at radius 2 is 2.56 bits per heavy atom. The Bertz CT molecular complexity index is 231. The summed E-state index contributed by atoms with van der Waals surface area (Å²) >= 11 is 5.07. The van der Waals surface area contributed by atoms with Crippen LogP contribution in [0, 0.1) is 0 Å². The molecular formula is C4H4ClN3O. The molecule has 1 aromatic rings. The average Bonchev–Trinajstić information content (AvgIpc) is 2.14. The van der Waals surface area contributed by atoms with E-state index in [1.54, 1.807) is 0 Å². The maximum Gasteiger partial charge on any atom is 0.255 e. The van der Waals surface area contributed by atoms with Crippen LogP contribution in [0.25, 0.3) is 0 Å². The second-order valence-electron chi connectivity index (χ2n) is 1.48. The lowest BCUT2D eigenvalue weighted by Crippen LogP contribution is -2.07. The number of rotatable bonds is 1. The van der Waals surface area contributed by atoms with Crippen molar-refractivity contribution in [2.75, 3.05) is 5.84 Å². The predicted octanol–water partition coefficient (Wildman–Crippen LogP) is -0.0241. The number of nitrogen functional groups attached to an aromatic ring is 1. The summed E-state index contributed by atoms with van der Waals surface area (Å²) in [4.78, 5) is 11.3. The van der Waals surface area contributed by atoms with Gasteiger partial charge in [-0.1, -0.05) is 0 Å². The molecule has 0 spiro atoms. The van der Waals surface area contributed by atoms with Crippen LogP contribution in [-0.4, -0.2) is 15.1 Å². The van der Waals surface area contributed by atoms with Crippen LogP contribution in [0.5, 0.6) is 0 Å². The van der Waals surface area contributed by atoms with E-state index in [9.17, 15) is 4.79 Å². The van der Waals surface area contributed by atoms with Crippen molar-refractivity contribution in [1.29, 1.82) is 0 Å². The van der Waals surface area contributed by atoms with Gasteiger partial charge in [-0.2, -0.15) is 9.89 Å². The zero-order valence-electron chi connectivity index (χ0n) is 4.41. The van der Waals surface area contributed by atoms with Crippen LogP contribution in [0.3, 0.4) is 0 Å². The Morgan fingerprint density at radius 3 is 2.78 bits per heavy atom. The van der Waals surface area contributed by atoms with Crippen molar-refractivity contribution in [3.63, 3.8) is 0 Å². The molecule has 0 unspecified atom stereocenters. The van der Waals surface area contributed by atoms with Gasteiger partial charge in [0.25, 0.3) is 5.24 Å². The Hall–Kier alpha value is -1.03. The predicted molar refractivity (Wildman–Crippen MR) is 32.6 cm³/mol. The first-order valence-electron chi connectivity index (χ1n) is 2.20. The smallest absolute Gasteiger partial charge is 0.255 e. The highest BCUT2D eigenvalue weighted by atomic mass is 35.5. The summed E-state index contributed by atoms with van der Waals surface area (Å²) in [6, 6.07) is 0. The fourth-order valence-corrected chi connectivity index (χ4v) is 0.537. The van der Waals surface area contributed by atoms with Crippen LogP contribution >= 0.6 is 11.6 Å². The minimum atomic E-state index is -0.549. The van der Waals surface area contributed by atoms with Crippen LogP contribution in [-0.2, 0) is 0 Å². The van der Waals surface area contributed by atoms with Crippen LogP contribution in [0.2, 0.25) is 0 Å². The number of nitrogens with zero attached hydrogens (tertiary/aromatic N) is 2. The molecule has 0 bridgehead atoms. The highest BCUT2D eigenvalue weighted by Crippen LogP contribution is 1.98. The van der Waals surface area contributed by atoms with E-state index in [4.69, 9.17) is 17.4 Å². The van der Waals surface area contributed by atoms with E-state index >= 15 is 0 Å². The van der Waals surface area contributed by atoms with Crippen LogP contribution < -0.4 is 5.84 Å². The van der Waals surface area contributed by atoms with Gasteiger partial charge in [0.05, 0.1) is 18.0 Å². The van der Waals surface area contributed by atoms with Gasteiger partial charge in [0.1, 0.15) is 0 Å². The Labute approximate surface area is 56.2 Å². The highest BCUT2D eigenvalue weighted by Gasteiger charge is 2.01. The van der Waals surface area contributed by atoms with Crippen LogP contribution in [0.15, 0.2) is 12.4 Å². The van der Waals surface area contributed by atoms with Crippen molar-refractivity contribution in [3.05, 3.63) is 18.0 Å². The molecule has 0 aromatic carbocycles. The number of aromatic nitrogens is 2. The molecule has 0 atom stereocenters. The fraction of sp³-hybridized carbons (Fsp3) is 0. The molecule has 0 aliphatic carbocycles. The lowest BCUT2D eigenvalue weighted by atomic mass is 10.4. The first-order chi connectivity index (χ1) is 4.20. The Kier molecular flexibility index (Phi) is 1.40. The third-order valence-electron chi connectivity index (χ3n) is 0.828. The second kappa shape index (κ2) is 2.06. The lowest BCUT2D eigenvalue weighted by Gasteiger charge is -1.81. The van der Waals surface area contributed by atoms with Gasteiger partial charge < -0.3 is 5.84 Å². The van der Waals surface area contributed by atoms with E-state index in [0.717, 1.165) is 4.79 Å². The van der Waals surface area contributed by atoms with Gasteiger partial charge in [-0.25, -0.2) is 0 Å². The first-order valence-corrected chi connectivity index (χ1v) is 2.57. The maximum absolute atomic E-state index is 10.3. The number of halogens is 1. The van der Waals surface area contributed by atoms with Gasteiger partial charge in [-0.05, 0) is 11.6 Å². The summed E-state index contributed by atoms with van der Waals surface area (Å²) in [5.41, 5.74) is 0.305. The molecule has 4 nitrogen and oxygen atoms in total.